The number of hydrogen-bond donors (Lipinski definition) is 1. The lowest BCUT2D eigenvalue weighted by Gasteiger charge is -2.31. The molecule has 1 rings (SSSR count). The molecule has 0 amide bonds. The van der Waals surface area contributed by atoms with E-state index in [-0.39, 0.29) is 0 Å². The van der Waals surface area contributed by atoms with E-state index in [4.69, 9.17) is 15.2 Å². The van der Waals surface area contributed by atoms with Gasteiger partial charge in [-0.15, -0.1) is 0 Å². The summed E-state index contributed by atoms with van der Waals surface area (Å²) in [7, 11) is 3.45. The number of nitrogens with zero attached hydrogens (tertiary/aromatic N) is 1. The topological polar surface area (TPSA) is 47.7 Å². The fourth-order valence-corrected chi connectivity index (χ4v) is 2.21. The lowest BCUT2D eigenvalue weighted by Crippen LogP contribution is -2.38. The molecule has 0 bridgehead atoms. The third kappa shape index (κ3) is 4.49. The fraction of sp³-hybridized carbons (Fsp3) is 0.600. The molecule has 4 heteroatoms. The minimum absolute atomic E-state index is 0.309. The monoisotopic (exact) mass is 266 g/mol. The number of hydrogen-bond acceptors (Lipinski definition) is 4. The van der Waals surface area contributed by atoms with Crippen LogP contribution >= 0.6 is 0 Å². The van der Waals surface area contributed by atoms with Crippen LogP contribution in [0.4, 0.5) is 5.69 Å². The van der Waals surface area contributed by atoms with Crippen molar-refractivity contribution in [3.63, 3.8) is 0 Å². The van der Waals surface area contributed by atoms with Gasteiger partial charge in [0.05, 0.1) is 13.2 Å². The number of nitrogens with two attached hydrogens (primary N) is 1. The second-order valence-electron chi connectivity index (χ2n) is 4.81. The predicted octanol–water partition coefficient (Wildman–Crippen LogP) is 1.94. The molecular weight excluding hydrogens is 240 g/mol. The second kappa shape index (κ2) is 8.15. The van der Waals surface area contributed by atoms with E-state index in [1.165, 1.54) is 16.8 Å². The highest BCUT2D eigenvalue weighted by Gasteiger charge is 2.15. The van der Waals surface area contributed by atoms with Crippen molar-refractivity contribution in [2.75, 3.05) is 38.9 Å². The maximum atomic E-state index is 5.71. The first kappa shape index (κ1) is 16.0. The molecular formula is C15H26N2O2. The largest absolute Gasteiger partial charge is 0.383 e. The smallest absolute Gasteiger partial charge is 0.0663 e. The third-order valence-electron chi connectivity index (χ3n) is 3.35. The Kier molecular flexibility index (Phi) is 6.84. The van der Waals surface area contributed by atoms with Gasteiger partial charge in [0.2, 0.25) is 0 Å². The molecule has 108 valence electrons. The molecule has 0 aliphatic heterocycles. The van der Waals surface area contributed by atoms with Crippen molar-refractivity contribution in [1.29, 1.82) is 0 Å². The van der Waals surface area contributed by atoms with Crippen molar-refractivity contribution in [2.45, 2.75) is 26.4 Å². The summed E-state index contributed by atoms with van der Waals surface area (Å²) in [4.78, 5) is 2.31. The van der Waals surface area contributed by atoms with Gasteiger partial charge in [-0.3, -0.25) is 0 Å². The van der Waals surface area contributed by atoms with Crippen molar-refractivity contribution >= 4 is 5.69 Å². The molecule has 0 radical (unpaired) electrons. The maximum absolute atomic E-state index is 5.71. The average molecular weight is 266 g/mol. The number of aryl methyl sites for hydroxylation is 1. The van der Waals surface area contributed by atoms with Gasteiger partial charge >= 0.3 is 0 Å². The molecule has 2 N–H and O–H groups in total. The molecule has 0 aliphatic rings. The van der Waals surface area contributed by atoms with E-state index >= 15 is 0 Å². The quantitative estimate of drug-likeness (QED) is 0.781. The summed E-state index contributed by atoms with van der Waals surface area (Å²) in [6, 6.07) is 6.72. The van der Waals surface area contributed by atoms with Gasteiger partial charge in [0.15, 0.2) is 0 Å². The number of anilines is 1. The van der Waals surface area contributed by atoms with Gasteiger partial charge in [-0.2, -0.15) is 0 Å². The zero-order chi connectivity index (χ0) is 14.3. The van der Waals surface area contributed by atoms with E-state index in [0.717, 1.165) is 6.54 Å². The Bertz CT molecular complexity index is 382. The van der Waals surface area contributed by atoms with E-state index in [1.807, 2.05) is 0 Å². The lowest BCUT2D eigenvalue weighted by molar-refractivity contribution is 0.171. The molecule has 0 spiro atoms. The van der Waals surface area contributed by atoms with Crippen molar-refractivity contribution in [2.24, 2.45) is 5.73 Å². The Morgan fingerprint density at radius 3 is 2.53 bits per heavy atom. The van der Waals surface area contributed by atoms with E-state index in [9.17, 15) is 0 Å². The van der Waals surface area contributed by atoms with Gasteiger partial charge < -0.3 is 20.1 Å². The highest BCUT2D eigenvalue weighted by Crippen LogP contribution is 2.21. The molecule has 1 aromatic rings. The molecule has 1 atom stereocenters. The van der Waals surface area contributed by atoms with Crippen molar-refractivity contribution < 1.29 is 9.47 Å². The van der Waals surface area contributed by atoms with Crippen LogP contribution in [0, 0.1) is 6.92 Å². The Hall–Kier alpha value is -1.10. The van der Waals surface area contributed by atoms with Crippen LogP contribution in [0.1, 0.15) is 18.1 Å². The Balaban J connectivity index is 2.92. The molecule has 0 fully saturated rings. The molecule has 19 heavy (non-hydrogen) atoms. The SMILES string of the molecule is COCCN(c1ccc(CN)c(C)c1)C(C)COC. The van der Waals surface area contributed by atoms with Crippen LogP contribution in [0.25, 0.3) is 0 Å². The first-order valence-electron chi connectivity index (χ1n) is 6.68. The fourth-order valence-electron chi connectivity index (χ4n) is 2.21. The Morgan fingerprint density at radius 1 is 1.26 bits per heavy atom. The van der Waals surface area contributed by atoms with Crippen LogP contribution in [0.15, 0.2) is 18.2 Å². The van der Waals surface area contributed by atoms with Crippen LogP contribution in [-0.4, -0.2) is 40.0 Å². The molecule has 1 unspecified atom stereocenters. The summed E-state index contributed by atoms with van der Waals surface area (Å²) in [6.07, 6.45) is 0. The number of benzene rings is 1. The van der Waals surface area contributed by atoms with Gasteiger partial charge in [0.1, 0.15) is 0 Å². The molecule has 0 aliphatic carbocycles. The van der Waals surface area contributed by atoms with Crippen LogP contribution in [0.2, 0.25) is 0 Å². The zero-order valence-electron chi connectivity index (χ0n) is 12.5. The predicted molar refractivity (Wildman–Crippen MR) is 79.6 cm³/mol. The van der Waals surface area contributed by atoms with Crippen molar-refractivity contribution in [1.82, 2.24) is 0 Å². The lowest BCUT2D eigenvalue weighted by atomic mass is 10.1. The number of methoxy groups -OCH3 is 2. The van der Waals surface area contributed by atoms with Crippen LogP contribution < -0.4 is 10.6 Å². The third-order valence-corrected chi connectivity index (χ3v) is 3.35. The van der Waals surface area contributed by atoms with E-state index in [0.29, 0.717) is 25.8 Å². The van der Waals surface area contributed by atoms with Crippen LogP contribution in [-0.2, 0) is 16.0 Å². The summed E-state index contributed by atoms with van der Waals surface area (Å²) < 4.78 is 10.5. The summed E-state index contributed by atoms with van der Waals surface area (Å²) in [5.74, 6) is 0. The molecule has 0 aromatic heterocycles. The Labute approximate surface area is 116 Å². The Morgan fingerprint density at radius 2 is 2.00 bits per heavy atom. The molecule has 1 aromatic carbocycles. The number of rotatable bonds is 8. The van der Waals surface area contributed by atoms with Crippen molar-refractivity contribution in [3.8, 4) is 0 Å². The van der Waals surface area contributed by atoms with Gasteiger partial charge in [-0.1, -0.05) is 6.07 Å². The van der Waals surface area contributed by atoms with E-state index in [1.54, 1.807) is 14.2 Å². The highest BCUT2D eigenvalue weighted by atomic mass is 16.5. The number of ether oxygens (including phenoxy) is 2. The first-order valence-corrected chi connectivity index (χ1v) is 6.68. The van der Waals surface area contributed by atoms with E-state index in [2.05, 4.69) is 36.9 Å². The van der Waals surface area contributed by atoms with E-state index < -0.39 is 0 Å². The standard InChI is InChI=1S/C15H26N2O2/c1-12-9-15(6-5-14(12)10-16)17(7-8-18-3)13(2)11-19-4/h5-6,9,13H,7-8,10-11,16H2,1-4H3. The van der Waals surface area contributed by atoms with Crippen LogP contribution in [0.3, 0.4) is 0 Å². The minimum atomic E-state index is 0.309. The van der Waals surface area contributed by atoms with Gasteiger partial charge in [-0.05, 0) is 37.1 Å². The first-order chi connectivity index (χ1) is 9.13. The van der Waals surface area contributed by atoms with Gasteiger partial charge in [0.25, 0.3) is 0 Å². The molecule has 4 nitrogen and oxygen atoms in total. The van der Waals surface area contributed by atoms with Gasteiger partial charge in [0, 0.05) is 39.0 Å². The minimum Gasteiger partial charge on any atom is -0.383 e. The molecule has 0 saturated carbocycles. The summed E-state index contributed by atoms with van der Waals surface area (Å²) >= 11 is 0. The maximum Gasteiger partial charge on any atom is 0.0663 e. The molecule has 0 saturated heterocycles. The average Bonchev–Trinajstić information content (AvgIpc) is 2.39. The van der Waals surface area contributed by atoms with Crippen LogP contribution in [0.5, 0.6) is 0 Å². The van der Waals surface area contributed by atoms with Crippen molar-refractivity contribution in [3.05, 3.63) is 29.3 Å². The normalized spacial score (nSPS) is 12.5. The highest BCUT2D eigenvalue weighted by molar-refractivity contribution is 5.51. The molecule has 0 heterocycles. The zero-order valence-corrected chi connectivity index (χ0v) is 12.5. The van der Waals surface area contributed by atoms with Gasteiger partial charge in [-0.25, -0.2) is 0 Å². The summed E-state index contributed by atoms with van der Waals surface area (Å²) in [6.45, 7) is 7.08. The second-order valence-corrected chi connectivity index (χ2v) is 4.81. The summed E-state index contributed by atoms with van der Waals surface area (Å²) in [5, 5.41) is 0. The summed E-state index contributed by atoms with van der Waals surface area (Å²) in [5.41, 5.74) is 9.32.